The summed E-state index contributed by atoms with van der Waals surface area (Å²) in [5.41, 5.74) is 3.32. The number of likely N-dealkylation sites (N-methyl/N-ethyl adjacent to an activating group) is 1. The molecule has 0 fully saturated rings. The van der Waals surface area contributed by atoms with Gasteiger partial charge in [0.1, 0.15) is 6.04 Å². The number of aliphatic hydroxyl groups is 1. The summed E-state index contributed by atoms with van der Waals surface area (Å²) < 4.78 is 5.34. The van der Waals surface area contributed by atoms with E-state index in [1.54, 1.807) is 0 Å². The van der Waals surface area contributed by atoms with Gasteiger partial charge in [-0.15, -0.1) is 0 Å². The van der Waals surface area contributed by atoms with Gasteiger partial charge in [-0.25, -0.2) is 0 Å². The summed E-state index contributed by atoms with van der Waals surface area (Å²) in [6.45, 7) is 6.54. The van der Waals surface area contributed by atoms with Crippen molar-refractivity contribution in [2.24, 2.45) is 5.92 Å². The number of carbonyl (C=O) groups excluding carboxylic acids is 2. The van der Waals surface area contributed by atoms with E-state index in [-0.39, 0.29) is 36.5 Å². The first kappa shape index (κ1) is 24.2. The maximum Gasteiger partial charge on any atom is 0.305 e. The molecule has 0 saturated carbocycles. The highest BCUT2D eigenvalue weighted by Gasteiger charge is 2.32. The number of amides is 1. The van der Waals surface area contributed by atoms with E-state index in [9.17, 15) is 14.7 Å². The fourth-order valence-electron chi connectivity index (χ4n) is 4.11. The van der Waals surface area contributed by atoms with Gasteiger partial charge in [0.25, 0.3) is 0 Å². The van der Waals surface area contributed by atoms with Crippen molar-refractivity contribution in [3.05, 3.63) is 29.3 Å². The van der Waals surface area contributed by atoms with Crippen LogP contribution in [0, 0.1) is 5.92 Å². The number of fused-ring (bicyclic) bond motifs is 1. The third kappa shape index (κ3) is 6.73. The number of carbonyl (C=O) groups is 2. The predicted molar refractivity (Wildman–Crippen MR) is 120 cm³/mol. The molecule has 1 amide bonds. The lowest BCUT2D eigenvalue weighted by Crippen LogP contribution is -2.54. The fourth-order valence-corrected chi connectivity index (χ4v) is 4.11. The summed E-state index contributed by atoms with van der Waals surface area (Å²) in [6.07, 6.45) is 5.74. The average Bonchev–Trinajstić information content (AvgIpc) is 2.70. The standard InChI is InChI=1S/C24H38N2O4/c1-5-6-7-10-22(28)30-13-8-9-18-11-12-19-15-20(16-27)25-24(29)23(17(2)3)26(4)21(19)14-18/h11-12,14,17,20,23,27H,5-10,13,15-16H2,1-4H3,(H,25,29)/t20-,23-/m0/s1. The molecule has 0 aliphatic carbocycles. The number of nitrogens with zero attached hydrogens (tertiary/aromatic N) is 1. The largest absolute Gasteiger partial charge is 0.466 e. The number of anilines is 1. The lowest BCUT2D eigenvalue weighted by atomic mass is 9.93. The van der Waals surface area contributed by atoms with E-state index in [2.05, 4.69) is 35.3 Å². The van der Waals surface area contributed by atoms with Crippen LogP contribution in [0.4, 0.5) is 5.69 Å². The van der Waals surface area contributed by atoms with Gasteiger partial charge in [0.15, 0.2) is 0 Å². The number of rotatable bonds is 10. The van der Waals surface area contributed by atoms with E-state index in [1.807, 2.05) is 20.9 Å². The van der Waals surface area contributed by atoms with Crippen molar-refractivity contribution in [2.45, 2.75) is 77.8 Å². The molecular weight excluding hydrogens is 380 g/mol. The Morgan fingerprint density at radius 2 is 2.07 bits per heavy atom. The van der Waals surface area contributed by atoms with E-state index in [0.29, 0.717) is 19.4 Å². The van der Waals surface area contributed by atoms with Gasteiger partial charge in [-0.2, -0.15) is 0 Å². The number of benzene rings is 1. The van der Waals surface area contributed by atoms with Crippen molar-refractivity contribution in [1.29, 1.82) is 0 Å². The third-order valence-electron chi connectivity index (χ3n) is 5.74. The number of aliphatic hydroxyl groups excluding tert-OH is 1. The molecule has 0 radical (unpaired) electrons. The summed E-state index contributed by atoms with van der Waals surface area (Å²) in [5, 5.41) is 12.7. The molecule has 1 aromatic rings. The second kappa shape index (κ2) is 11.9. The molecule has 0 spiro atoms. The van der Waals surface area contributed by atoms with Crippen LogP contribution in [0.2, 0.25) is 0 Å². The first-order chi connectivity index (χ1) is 14.4. The van der Waals surface area contributed by atoms with Crippen LogP contribution in [0.25, 0.3) is 0 Å². The van der Waals surface area contributed by atoms with Crippen LogP contribution in [-0.4, -0.2) is 49.3 Å². The maximum atomic E-state index is 12.7. The molecule has 0 aromatic heterocycles. The van der Waals surface area contributed by atoms with E-state index >= 15 is 0 Å². The number of ether oxygens (including phenoxy) is 1. The van der Waals surface area contributed by atoms with Crippen LogP contribution in [0.15, 0.2) is 18.2 Å². The van der Waals surface area contributed by atoms with Gasteiger partial charge in [-0.05, 0) is 48.8 Å². The quantitative estimate of drug-likeness (QED) is 0.450. The Balaban J connectivity index is 2.04. The lowest BCUT2D eigenvalue weighted by molar-refractivity contribution is -0.143. The summed E-state index contributed by atoms with van der Waals surface area (Å²) >= 11 is 0. The second-order valence-corrected chi connectivity index (χ2v) is 8.64. The van der Waals surface area contributed by atoms with E-state index < -0.39 is 0 Å². The maximum absolute atomic E-state index is 12.7. The number of unbranched alkanes of at least 4 members (excludes halogenated alkanes) is 2. The van der Waals surface area contributed by atoms with Gasteiger partial charge in [0.2, 0.25) is 5.91 Å². The van der Waals surface area contributed by atoms with Crippen molar-refractivity contribution in [1.82, 2.24) is 5.32 Å². The minimum atomic E-state index is -0.294. The Bertz CT molecular complexity index is 704. The molecule has 1 aliphatic heterocycles. The number of hydrogen-bond acceptors (Lipinski definition) is 5. The highest BCUT2D eigenvalue weighted by atomic mass is 16.5. The van der Waals surface area contributed by atoms with Crippen molar-refractivity contribution in [3.8, 4) is 0 Å². The molecule has 6 heteroatoms. The van der Waals surface area contributed by atoms with Crippen molar-refractivity contribution >= 4 is 17.6 Å². The molecule has 0 saturated heterocycles. The molecule has 0 unspecified atom stereocenters. The normalized spacial score (nSPS) is 19.1. The monoisotopic (exact) mass is 418 g/mol. The molecule has 1 heterocycles. The Hall–Kier alpha value is -2.08. The lowest BCUT2D eigenvalue weighted by Gasteiger charge is -2.37. The Labute approximate surface area is 181 Å². The van der Waals surface area contributed by atoms with Gasteiger partial charge in [-0.1, -0.05) is 45.7 Å². The molecule has 0 bridgehead atoms. The molecule has 2 rings (SSSR count). The number of nitrogens with one attached hydrogen (secondary N) is 1. The molecule has 30 heavy (non-hydrogen) atoms. The SMILES string of the molecule is CCCCCC(=O)OCCCc1ccc2c(c1)N(C)[C@@H](C(C)C)C(=O)N[C@H](CO)C2. The number of hydrogen-bond donors (Lipinski definition) is 2. The molecule has 2 N–H and O–H groups in total. The second-order valence-electron chi connectivity index (χ2n) is 8.64. The average molecular weight is 419 g/mol. The van der Waals surface area contributed by atoms with Gasteiger partial charge in [-0.3, -0.25) is 9.59 Å². The summed E-state index contributed by atoms with van der Waals surface area (Å²) in [7, 11) is 1.96. The van der Waals surface area contributed by atoms with Crippen LogP contribution in [0.3, 0.4) is 0 Å². The Morgan fingerprint density at radius 1 is 1.30 bits per heavy atom. The van der Waals surface area contributed by atoms with E-state index in [4.69, 9.17) is 4.74 Å². The first-order valence-corrected chi connectivity index (χ1v) is 11.3. The van der Waals surface area contributed by atoms with Gasteiger partial charge in [0, 0.05) is 19.2 Å². The number of aryl methyl sites for hydroxylation is 1. The zero-order chi connectivity index (χ0) is 22.1. The van der Waals surface area contributed by atoms with Crippen LogP contribution >= 0.6 is 0 Å². The van der Waals surface area contributed by atoms with Gasteiger partial charge in [0.05, 0.1) is 19.3 Å². The minimum Gasteiger partial charge on any atom is -0.466 e. The first-order valence-electron chi connectivity index (χ1n) is 11.3. The summed E-state index contributed by atoms with van der Waals surface area (Å²) in [6, 6.07) is 5.76. The Kier molecular flexibility index (Phi) is 9.63. The van der Waals surface area contributed by atoms with Crippen molar-refractivity contribution < 1.29 is 19.4 Å². The molecule has 1 aromatic carbocycles. The molecule has 168 valence electrons. The molecule has 2 atom stereocenters. The van der Waals surface area contributed by atoms with Crippen molar-refractivity contribution in [3.63, 3.8) is 0 Å². The zero-order valence-corrected chi connectivity index (χ0v) is 18.9. The van der Waals surface area contributed by atoms with E-state index in [1.165, 1.54) is 0 Å². The van der Waals surface area contributed by atoms with Crippen LogP contribution in [-0.2, 0) is 27.2 Å². The smallest absolute Gasteiger partial charge is 0.305 e. The van der Waals surface area contributed by atoms with Gasteiger partial charge >= 0.3 is 5.97 Å². The van der Waals surface area contributed by atoms with Crippen LogP contribution < -0.4 is 10.2 Å². The van der Waals surface area contributed by atoms with Crippen molar-refractivity contribution in [2.75, 3.05) is 25.2 Å². The van der Waals surface area contributed by atoms with Gasteiger partial charge < -0.3 is 20.1 Å². The molecular formula is C24H38N2O4. The minimum absolute atomic E-state index is 0.0439. The Morgan fingerprint density at radius 3 is 2.73 bits per heavy atom. The summed E-state index contributed by atoms with van der Waals surface area (Å²) in [5.74, 6) is -0.0177. The summed E-state index contributed by atoms with van der Waals surface area (Å²) in [4.78, 5) is 26.5. The zero-order valence-electron chi connectivity index (χ0n) is 18.9. The molecule has 6 nitrogen and oxygen atoms in total. The number of esters is 1. The van der Waals surface area contributed by atoms with E-state index in [0.717, 1.165) is 48.9 Å². The molecule has 1 aliphatic rings. The predicted octanol–water partition coefficient (Wildman–Crippen LogP) is 3.24. The highest BCUT2D eigenvalue weighted by molar-refractivity contribution is 5.86. The fraction of sp³-hybridized carbons (Fsp3) is 0.667. The van der Waals surface area contributed by atoms with Crippen LogP contribution in [0.5, 0.6) is 0 Å². The van der Waals surface area contributed by atoms with Crippen LogP contribution in [0.1, 0.15) is 64.0 Å². The third-order valence-corrected chi connectivity index (χ3v) is 5.74. The topological polar surface area (TPSA) is 78.9 Å². The highest BCUT2D eigenvalue weighted by Crippen LogP contribution is 2.29.